The minimum absolute atomic E-state index is 0.0145. The van der Waals surface area contributed by atoms with Crippen molar-refractivity contribution in [3.05, 3.63) is 47.2 Å². The highest BCUT2D eigenvalue weighted by Crippen LogP contribution is 2.35. The molecule has 3 heterocycles. The number of carbonyl (C=O) groups is 1. The Morgan fingerprint density at radius 2 is 1.96 bits per heavy atom. The first-order valence-electron chi connectivity index (χ1n) is 10.3. The first-order chi connectivity index (χ1) is 13.7. The molecule has 0 bridgehead atoms. The van der Waals surface area contributed by atoms with Crippen molar-refractivity contribution in [1.82, 2.24) is 15.0 Å². The highest BCUT2D eigenvalue weighted by molar-refractivity contribution is 5.97. The lowest BCUT2D eigenvalue weighted by Crippen LogP contribution is -2.30. The summed E-state index contributed by atoms with van der Waals surface area (Å²) in [6, 6.07) is 7.52. The lowest BCUT2D eigenvalue weighted by molar-refractivity contribution is 0.0731. The number of hydrogen-bond acceptors (Lipinski definition) is 5. The topological polar surface area (TPSA) is 72.4 Å². The van der Waals surface area contributed by atoms with Crippen LogP contribution in [-0.4, -0.2) is 27.5 Å². The number of aromatic nitrogens is 2. The highest BCUT2D eigenvalue weighted by Gasteiger charge is 2.33. The van der Waals surface area contributed by atoms with Crippen molar-refractivity contribution in [3.8, 4) is 0 Å². The number of fused-ring (bicyclic) bond motifs is 1. The van der Waals surface area contributed by atoms with Crippen molar-refractivity contribution in [1.29, 1.82) is 0 Å². The number of nitrogens with zero attached hydrogens (tertiary/aromatic N) is 3. The molecule has 6 heteroatoms. The Labute approximate surface area is 163 Å². The summed E-state index contributed by atoms with van der Waals surface area (Å²) in [6.45, 7) is 2.61. The van der Waals surface area contributed by atoms with Gasteiger partial charge in [-0.05, 0) is 50.8 Å². The lowest BCUT2D eigenvalue weighted by Gasteiger charge is -2.23. The molecule has 2 fully saturated rings. The van der Waals surface area contributed by atoms with E-state index in [-0.39, 0.29) is 11.9 Å². The van der Waals surface area contributed by atoms with Crippen LogP contribution in [0.3, 0.4) is 0 Å². The van der Waals surface area contributed by atoms with Gasteiger partial charge in [0, 0.05) is 24.1 Å². The summed E-state index contributed by atoms with van der Waals surface area (Å²) in [4.78, 5) is 19.8. The normalized spacial score (nSPS) is 20.9. The molecule has 0 radical (unpaired) electrons. The van der Waals surface area contributed by atoms with E-state index in [2.05, 4.69) is 10.1 Å². The maximum absolute atomic E-state index is 13.2. The fourth-order valence-corrected chi connectivity index (χ4v) is 4.63. The van der Waals surface area contributed by atoms with E-state index >= 15 is 0 Å². The second-order valence-corrected chi connectivity index (χ2v) is 8.09. The number of amides is 1. The third-order valence-electron chi connectivity index (χ3n) is 6.11. The Hall–Kier alpha value is -2.63. The smallest absolute Gasteiger partial charge is 0.254 e. The first-order valence-corrected chi connectivity index (χ1v) is 10.3. The Morgan fingerprint density at radius 3 is 2.75 bits per heavy atom. The maximum atomic E-state index is 13.2. The van der Waals surface area contributed by atoms with Gasteiger partial charge in [-0.1, -0.05) is 24.4 Å². The van der Waals surface area contributed by atoms with Crippen molar-refractivity contribution >= 4 is 17.0 Å². The van der Waals surface area contributed by atoms with E-state index in [4.69, 9.17) is 8.94 Å². The maximum Gasteiger partial charge on any atom is 0.254 e. The molecule has 1 saturated heterocycles. The van der Waals surface area contributed by atoms with Crippen LogP contribution in [0.5, 0.6) is 0 Å². The molecule has 1 aliphatic carbocycles. The molecule has 1 atom stereocenters. The fourth-order valence-electron chi connectivity index (χ4n) is 4.63. The van der Waals surface area contributed by atoms with E-state index in [1.807, 2.05) is 36.1 Å². The largest absolute Gasteiger partial charge is 0.440 e. The zero-order valence-electron chi connectivity index (χ0n) is 16.2. The zero-order valence-corrected chi connectivity index (χ0v) is 16.2. The van der Waals surface area contributed by atoms with Gasteiger partial charge in [0.05, 0.1) is 6.04 Å². The van der Waals surface area contributed by atoms with Crippen molar-refractivity contribution in [2.24, 2.45) is 0 Å². The molecule has 3 aromatic rings. The molecule has 2 aliphatic rings. The van der Waals surface area contributed by atoms with E-state index < -0.39 is 0 Å². The molecule has 146 valence electrons. The van der Waals surface area contributed by atoms with E-state index in [0.29, 0.717) is 17.1 Å². The molecule has 1 aliphatic heterocycles. The van der Waals surface area contributed by atoms with Crippen LogP contribution in [0.25, 0.3) is 11.1 Å². The molecule has 2 aromatic heterocycles. The number of rotatable bonds is 3. The van der Waals surface area contributed by atoms with Crippen molar-refractivity contribution in [3.63, 3.8) is 0 Å². The van der Waals surface area contributed by atoms with Gasteiger partial charge in [-0.25, -0.2) is 4.98 Å². The molecule has 1 saturated carbocycles. The first kappa shape index (κ1) is 17.5. The molecular formula is C22H25N3O3. The standard InChI is InChI=1S/C22H25N3O3/c1-14-12-18(24-28-14)19-8-5-11-25(19)22(26)16-9-10-17-20(13-16)27-21(23-17)15-6-3-2-4-7-15/h9-10,12-13,15,19H,2-8,11H2,1H3/t19-/m0/s1. The Balaban J connectivity index is 1.41. The Morgan fingerprint density at radius 1 is 1.11 bits per heavy atom. The fraction of sp³-hybridized carbons (Fsp3) is 0.500. The predicted octanol–water partition coefficient (Wildman–Crippen LogP) is 5.15. The summed E-state index contributed by atoms with van der Waals surface area (Å²) in [6.07, 6.45) is 7.95. The Bertz CT molecular complexity index is 1000. The highest BCUT2D eigenvalue weighted by atomic mass is 16.5. The van der Waals surface area contributed by atoms with Crippen LogP contribution in [0.1, 0.15) is 84.6 Å². The second-order valence-electron chi connectivity index (χ2n) is 8.09. The quantitative estimate of drug-likeness (QED) is 0.629. The monoisotopic (exact) mass is 379 g/mol. The summed E-state index contributed by atoms with van der Waals surface area (Å²) in [5, 5.41) is 4.13. The molecule has 0 unspecified atom stereocenters. The van der Waals surface area contributed by atoms with Crippen molar-refractivity contribution in [2.75, 3.05) is 6.54 Å². The summed E-state index contributed by atoms with van der Waals surface area (Å²) in [7, 11) is 0. The van der Waals surface area contributed by atoms with Crippen LogP contribution in [0.4, 0.5) is 0 Å². The van der Waals surface area contributed by atoms with E-state index in [1.165, 1.54) is 19.3 Å². The van der Waals surface area contributed by atoms with Crippen LogP contribution in [0.2, 0.25) is 0 Å². The lowest BCUT2D eigenvalue weighted by atomic mass is 9.89. The van der Waals surface area contributed by atoms with Gasteiger partial charge in [0.2, 0.25) is 0 Å². The molecular weight excluding hydrogens is 354 g/mol. The second kappa shape index (κ2) is 7.08. The summed E-state index contributed by atoms with van der Waals surface area (Å²) in [5.41, 5.74) is 3.02. The van der Waals surface area contributed by atoms with E-state index in [0.717, 1.165) is 55.1 Å². The average Bonchev–Trinajstić information content (AvgIpc) is 3.46. The van der Waals surface area contributed by atoms with Gasteiger partial charge >= 0.3 is 0 Å². The van der Waals surface area contributed by atoms with Gasteiger partial charge in [0.25, 0.3) is 5.91 Å². The molecule has 28 heavy (non-hydrogen) atoms. The number of benzene rings is 1. The number of aryl methyl sites for hydroxylation is 1. The molecule has 0 N–H and O–H groups in total. The molecule has 5 rings (SSSR count). The Kier molecular flexibility index (Phi) is 4.41. The van der Waals surface area contributed by atoms with Gasteiger partial charge in [-0.2, -0.15) is 0 Å². The number of likely N-dealkylation sites (tertiary alicyclic amines) is 1. The van der Waals surface area contributed by atoms with Crippen LogP contribution < -0.4 is 0 Å². The van der Waals surface area contributed by atoms with Crippen LogP contribution in [0.15, 0.2) is 33.2 Å². The molecule has 0 spiro atoms. The van der Waals surface area contributed by atoms with Crippen molar-refractivity contribution in [2.45, 2.75) is 63.8 Å². The minimum atomic E-state index is -0.0202. The number of carbonyl (C=O) groups excluding carboxylic acids is 1. The summed E-state index contributed by atoms with van der Waals surface area (Å²) in [5.74, 6) is 2.03. The van der Waals surface area contributed by atoms with Gasteiger partial charge < -0.3 is 13.8 Å². The molecule has 1 amide bonds. The minimum Gasteiger partial charge on any atom is -0.440 e. The van der Waals surface area contributed by atoms with E-state index in [1.54, 1.807) is 0 Å². The third kappa shape index (κ3) is 3.11. The van der Waals surface area contributed by atoms with E-state index in [9.17, 15) is 4.79 Å². The van der Waals surface area contributed by atoms with Crippen molar-refractivity contribution < 1.29 is 13.7 Å². The third-order valence-corrected chi connectivity index (χ3v) is 6.11. The predicted molar refractivity (Wildman–Crippen MR) is 104 cm³/mol. The van der Waals surface area contributed by atoms with Crippen LogP contribution in [-0.2, 0) is 0 Å². The zero-order chi connectivity index (χ0) is 19.1. The molecule has 1 aromatic carbocycles. The number of oxazole rings is 1. The van der Waals surface area contributed by atoms with Gasteiger partial charge in [0.15, 0.2) is 11.5 Å². The SMILES string of the molecule is Cc1cc([C@@H]2CCCN2C(=O)c2ccc3nc(C4CCCCC4)oc3c2)no1. The van der Waals surface area contributed by atoms with Crippen LogP contribution in [0, 0.1) is 6.92 Å². The summed E-state index contributed by atoms with van der Waals surface area (Å²) < 4.78 is 11.3. The van der Waals surface area contributed by atoms with Gasteiger partial charge in [0.1, 0.15) is 17.0 Å². The summed E-state index contributed by atoms with van der Waals surface area (Å²) >= 11 is 0. The van der Waals surface area contributed by atoms with Crippen LogP contribution >= 0.6 is 0 Å². The molecule has 6 nitrogen and oxygen atoms in total. The average molecular weight is 379 g/mol. The van der Waals surface area contributed by atoms with Gasteiger partial charge in [-0.15, -0.1) is 0 Å². The number of hydrogen-bond donors (Lipinski definition) is 0. The van der Waals surface area contributed by atoms with Gasteiger partial charge in [-0.3, -0.25) is 4.79 Å².